The van der Waals surface area contributed by atoms with Crippen LogP contribution in [0.25, 0.3) is 21.7 Å². The number of aromatic nitrogens is 1. The highest BCUT2D eigenvalue weighted by atomic mass is 32.2. The van der Waals surface area contributed by atoms with Gasteiger partial charge in [0.05, 0.1) is 24.0 Å². The maximum Gasteiger partial charge on any atom is 0.341 e. The Morgan fingerprint density at radius 1 is 1.05 bits per heavy atom. The van der Waals surface area contributed by atoms with Gasteiger partial charge in [0.2, 0.25) is 5.88 Å². The molecule has 0 bridgehead atoms. The summed E-state index contributed by atoms with van der Waals surface area (Å²) in [5.74, 6) is -1.95. The Balaban J connectivity index is 1.55. The normalized spacial score (nSPS) is 14.1. The van der Waals surface area contributed by atoms with Crippen molar-refractivity contribution in [2.75, 3.05) is 7.11 Å². The summed E-state index contributed by atoms with van der Waals surface area (Å²) >= 11 is 1.50. The van der Waals surface area contributed by atoms with E-state index in [-0.39, 0.29) is 23.1 Å². The number of aliphatic carboxylic acids is 1. The number of nitrogens with zero attached hydrogens (tertiary/aromatic N) is 1. The summed E-state index contributed by atoms with van der Waals surface area (Å²) in [7, 11) is 1.39. The first-order chi connectivity index (χ1) is 17.9. The highest BCUT2D eigenvalue weighted by molar-refractivity contribution is 7.99. The number of benzene rings is 3. The number of hydrogen-bond acceptors (Lipinski definition) is 6. The fourth-order valence-corrected chi connectivity index (χ4v) is 6.38. The molecule has 5 rings (SSSR count). The van der Waals surface area contributed by atoms with Crippen molar-refractivity contribution in [3.05, 3.63) is 76.9 Å². The Hall–Kier alpha value is -3.62. The summed E-state index contributed by atoms with van der Waals surface area (Å²) in [6, 6.07) is 17.7. The van der Waals surface area contributed by atoms with Crippen molar-refractivity contribution in [1.82, 2.24) is 4.98 Å². The molecule has 1 heterocycles. The van der Waals surface area contributed by atoms with Crippen LogP contribution < -0.4 is 4.74 Å². The zero-order chi connectivity index (χ0) is 26.1. The SMILES string of the molecule is COc1nc2cc(SC(c3ccc4c5c(cccc35)CC4)C(O)CCCC(=O)O)ccc2cc1C(=O)O. The minimum Gasteiger partial charge on any atom is -0.481 e. The van der Waals surface area contributed by atoms with Gasteiger partial charge in [-0.05, 0) is 71.3 Å². The lowest BCUT2D eigenvalue weighted by Crippen LogP contribution is -2.17. The van der Waals surface area contributed by atoms with Gasteiger partial charge < -0.3 is 20.1 Å². The maximum atomic E-state index is 11.6. The molecule has 3 aromatic carbocycles. The number of aliphatic hydroxyl groups is 1. The number of ether oxygens (including phenoxy) is 1. The number of rotatable bonds is 10. The number of carboxylic acid groups (broad SMARTS) is 2. The molecule has 0 saturated heterocycles. The molecule has 0 spiro atoms. The second kappa shape index (κ2) is 10.4. The predicted molar refractivity (Wildman–Crippen MR) is 143 cm³/mol. The lowest BCUT2D eigenvalue weighted by molar-refractivity contribution is -0.137. The van der Waals surface area contributed by atoms with E-state index in [1.165, 1.54) is 35.4 Å². The van der Waals surface area contributed by atoms with Crippen LogP contribution >= 0.6 is 11.8 Å². The summed E-state index contributed by atoms with van der Waals surface area (Å²) in [6.45, 7) is 0. The van der Waals surface area contributed by atoms with E-state index in [1.54, 1.807) is 6.07 Å². The molecular formula is C29H27NO6S. The van der Waals surface area contributed by atoms with Crippen LogP contribution in [0.4, 0.5) is 0 Å². The number of thioether (sulfide) groups is 1. The minimum atomic E-state index is -1.11. The molecule has 1 aliphatic carbocycles. The van der Waals surface area contributed by atoms with E-state index in [2.05, 4.69) is 35.3 Å². The zero-order valence-corrected chi connectivity index (χ0v) is 21.1. The topological polar surface area (TPSA) is 117 Å². The summed E-state index contributed by atoms with van der Waals surface area (Å²) in [4.78, 5) is 27.9. The molecule has 190 valence electrons. The molecule has 0 radical (unpaired) electrons. The zero-order valence-electron chi connectivity index (χ0n) is 20.3. The quantitative estimate of drug-likeness (QED) is 0.231. The molecule has 1 aromatic heterocycles. The average Bonchev–Trinajstić information content (AvgIpc) is 3.31. The smallest absolute Gasteiger partial charge is 0.341 e. The highest BCUT2D eigenvalue weighted by Gasteiger charge is 2.27. The number of carbonyl (C=O) groups is 2. The number of aryl methyl sites for hydroxylation is 2. The number of aromatic carboxylic acids is 1. The monoisotopic (exact) mass is 517 g/mol. The standard InChI is InChI=1S/C29H27NO6S/c1-36-28-22(29(34)35)14-18-10-12-19(15-23(18)30-28)37-27(24(31)6-3-7-25(32)33)21-13-11-17-9-8-16-4-2-5-20(21)26(16)17/h2,4-5,10-15,24,27,31H,3,6-9H2,1H3,(H,32,33)(H,34,35). The molecule has 0 aliphatic heterocycles. The Morgan fingerprint density at radius 2 is 1.84 bits per heavy atom. The van der Waals surface area contributed by atoms with Crippen molar-refractivity contribution >= 4 is 45.4 Å². The van der Waals surface area contributed by atoms with Crippen LogP contribution in [0.2, 0.25) is 0 Å². The van der Waals surface area contributed by atoms with Crippen LogP contribution in [-0.4, -0.2) is 45.5 Å². The third-order valence-corrected chi connectivity index (χ3v) is 8.25. The minimum absolute atomic E-state index is 0.00385. The number of fused-ring (bicyclic) bond motifs is 1. The van der Waals surface area contributed by atoms with Gasteiger partial charge in [0, 0.05) is 16.7 Å². The van der Waals surface area contributed by atoms with Gasteiger partial charge in [0.1, 0.15) is 5.56 Å². The first-order valence-electron chi connectivity index (χ1n) is 12.2. The Labute approximate surface area is 218 Å². The van der Waals surface area contributed by atoms with Crippen molar-refractivity contribution in [3.8, 4) is 5.88 Å². The molecule has 0 saturated carbocycles. The van der Waals surface area contributed by atoms with Gasteiger partial charge in [-0.3, -0.25) is 4.79 Å². The van der Waals surface area contributed by atoms with E-state index in [0.717, 1.165) is 28.7 Å². The van der Waals surface area contributed by atoms with Gasteiger partial charge in [0.25, 0.3) is 0 Å². The van der Waals surface area contributed by atoms with Crippen LogP contribution in [0.15, 0.2) is 59.5 Å². The number of pyridine rings is 1. The van der Waals surface area contributed by atoms with E-state index in [4.69, 9.17) is 9.84 Å². The fourth-order valence-electron chi connectivity index (χ4n) is 5.14. The predicted octanol–water partition coefficient (Wildman–Crippen LogP) is 5.64. The number of hydrogen-bond donors (Lipinski definition) is 3. The molecule has 8 heteroatoms. The number of carboxylic acids is 2. The summed E-state index contributed by atoms with van der Waals surface area (Å²) in [5.41, 5.74) is 4.23. The van der Waals surface area contributed by atoms with E-state index >= 15 is 0 Å². The van der Waals surface area contributed by atoms with Crippen LogP contribution in [0.3, 0.4) is 0 Å². The molecule has 2 atom stereocenters. The molecule has 37 heavy (non-hydrogen) atoms. The second-order valence-corrected chi connectivity index (χ2v) is 10.5. The third-order valence-electron chi connectivity index (χ3n) is 6.90. The summed E-state index contributed by atoms with van der Waals surface area (Å²) < 4.78 is 5.20. The van der Waals surface area contributed by atoms with Gasteiger partial charge in [-0.25, -0.2) is 9.78 Å². The summed E-state index contributed by atoms with van der Waals surface area (Å²) in [6.07, 6.45) is 1.98. The van der Waals surface area contributed by atoms with Crippen LogP contribution in [0.5, 0.6) is 5.88 Å². The molecule has 7 nitrogen and oxygen atoms in total. The van der Waals surface area contributed by atoms with Crippen LogP contribution in [-0.2, 0) is 17.6 Å². The van der Waals surface area contributed by atoms with E-state index in [0.29, 0.717) is 23.7 Å². The molecule has 3 N–H and O–H groups in total. The van der Waals surface area contributed by atoms with Crippen molar-refractivity contribution in [2.24, 2.45) is 0 Å². The first-order valence-corrected chi connectivity index (χ1v) is 13.1. The Bertz CT molecular complexity index is 1510. The molecular weight excluding hydrogens is 490 g/mol. The Kier molecular flexibility index (Phi) is 7.04. The average molecular weight is 518 g/mol. The molecule has 2 unspecified atom stereocenters. The van der Waals surface area contributed by atoms with Gasteiger partial charge >= 0.3 is 11.9 Å². The van der Waals surface area contributed by atoms with E-state index < -0.39 is 18.0 Å². The first kappa shape index (κ1) is 25.0. The molecule has 0 amide bonds. The third kappa shape index (κ3) is 4.99. The van der Waals surface area contributed by atoms with Gasteiger partial charge in [-0.1, -0.05) is 36.4 Å². The second-order valence-electron chi connectivity index (χ2n) is 9.25. The van der Waals surface area contributed by atoms with Crippen LogP contribution in [0, 0.1) is 0 Å². The fraction of sp³-hybridized carbons (Fsp3) is 0.276. The van der Waals surface area contributed by atoms with Gasteiger partial charge in [-0.2, -0.15) is 0 Å². The molecule has 4 aromatic rings. The lowest BCUT2D eigenvalue weighted by Gasteiger charge is -2.25. The largest absolute Gasteiger partial charge is 0.481 e. The van der Waals surface area contributed by atoms with Crippen molar-refractivity contribution in [2.45, 2.75) is 48.4 Å². The summed E-state index contributed by atoms with van der Waals surface area (Å²) in [5, 5.41) is 32.6. The highest BCUT2D eigenvalue weighted by Crippen LogP contribution is 2.45. The van der Waals surface area contributed by atoms with Crippen molar-refractivity contribution in [3.63, 3.8) is 0 Å². The van der Waals surface area contributed by atoms with Crippen LogP contribution in [0.1, 0.15) is 51.6 Å². The van der Waals surface area contributed by atoms with E-state index in [9.17, 15) is 19.8 Å². The van der Waals surface area contributed by atoms with E-state index in [1.807, 2.05) is 18.2 Å². The van der Waals surface area contributed by atoms with Crippen molar-refractivity contribution in [1.29, 1.82) is 0 Å². The Morgan fingerprint density at radius 3 is 2.57 bits per heavy atom. The van der Waals surface area contributed by atoms with Gasteiger partial charge in [0.15, 0.2) is 0 Å². The molecule has 1 aliphatic rings. The number of methoxy groups -OCH3 is 1. The van der Waals surface area contributed by atoms with Crippen molar-refractivity contribution < 1.29 is 29.6 Å². The molecule has 0 fully saturated rings. The lowest BCUT2D eigenvalue weighted by atomic mass is 9.94. The number of aliphatic hydroxyl groups excluding tert-OH is 1. The van der Waals surface area contributed by atoms with Gasteiger partial charge in [-0.15, -0.1) is 11.8 Å². The maximum absolute atomic E-state index is 11.6.